The minimum Gasteiger partial charge on any atom is -0.467 e. The lowest BCUT2D eigenvalue weighted by Crippen LogP contribution is -2.41. The number of carbonyl (C=O) groups excluding carboxylic acids is 1. The van der Waals surface area contributed by atoms with Crippen LogP contribution in [-0.2, 0) is 15.5 Å². The minimum absolute atomic E-state index is 0.0489. The van der Waals surface area contributed by atoms with E-state index in [2.05, 4.69) is 20.0 Å². The number of esters is 1. The van der Waals surface area contributed by atoms with Crippen LogP contribution in [-0.4, -0.2) is 28.6 Å². The van der Waals surface area contributed by atoms with E-state index in [1.165, 1.54) is 13.2 Å². The molecule has 0 unspecified atom stereocenters. The van der Waals surface area contributed by atoms with E-state index in [4.69, 9.17) is 11.6 Å². The van der Waals surface area contributed by atoms with E-state index in [9.17, 15) is 18.0 Å². The first-order chi connectivity index (χ1) is 11.0. The molecule has 5 nitrogen and oxygen atoms in total. The van der Waals surface area contributed by atoms with Gasteiger partial charge in [0.2, 0.25) is 5.82 Å². The number of halogens is 4. The molecule has 0 bridgehead atoms. The van der Waals surface area contributed by atoms with Crippen LogP contribution in [0.5, 0.6) is 0 Å². The van der Waals surface area contributed by atoms with Gasteiger partial charge in [-0.1, -0.05) is 11.6 Å². The molecule has 130 valence electrons. The average Bonchev–Trinajstić information content (AvgIpc) is 2.45. The van der Waals surface area contributed by atoms with Crippen LogP contribution in [0.25, 0.3) is 10.9 Å². The predicted molar refractivity (Wildman–Crippen MR) is 83.8 cm³/mol. The number of rotatable bonds is 4. The Labute approximate surface area is 141 Å². The Balaban J connectivity index is 2.55. The number of carbonyl (C=O) groups is 1. The first kappa shape index (κ1) is 18.3. The highest BCUT2D eigenvalue weighted by Gasteiger charge is 2.31. The topological polar surface area (TPSA) is 64.1 Å². The van der Waals surface area contributed by atoms with Crippen molar-refractivity contribution in [3.8, 4) is 0 Å². The van der Waals surface area contributed by atoms with E-state index < -0.39 is 29.1 Å². The summed E-state index contributed by atoms with van der Waals surface area (Å²) >= 11 is 5.90. The summed E-state index contributed by atoms with van der Waals surface area (Å²) in [5.74, 6) is -5.65. The third-order valence-electron chi connectivity index (χ3n) is 3.25. The molecule has 1 aromatic heterocycles. The fourth-order valence-corrected chi connectivity index (χ4v) is 2.31. The van der Waals surface area contributed by atoms with Crippen LogP contribution in [0, 0.1) is 5.82 Å². The molecule has 0 aliphatic carbocycles. The summed E-state index contributed by atoms with van der Waals surface area (Å²) in [5.41, 5.74) is -1.26. The molecule has 1 heterocycles. The second-order valence-corrected chi connectivity index (χ2v) is 6.18. The quantitative estimate of drug-likeness (QED) is 0.661. The van der Waals surface area contributed by atoms with Crippen LogP contribution in [0.4, 0.5) is 18.9 Å². The number of anilines is 1. The Morgan fingerprint density at radius 1 is 1.25 bits per heavy atom. The molecule has 2 rings (SSSR count). The number of hydrogen-bond donors (Lipinski definition) is 1. The maximum absolute atomic E-state index is 14.3. The molecule has 1 N–H and O–H groups in total. The first-order valence-electron chi connectivity index (χ1n) is 6.87. The second-order valence-electron chi connectivity index (χ2n) is 5.82. The number of ether oxygens (including phenoxy) is 1. The van der Waals surface area contributed by atoms with Gasteiger partial charge in [0, 0.05) is 18.0 Å². The Hall–Kier alpha value is -2.09. The largest absolute Gasteiger partial charge is 0.467 e. The maximum Gasteiger partial charge on any atom is 0.330 e. The summed E-state index contributed by atoms with van der Waals surface area (Å²) in [5, 5.41) is 2.54. The van der Waals surface area contributed by atoms with Crippen molar-refractivity contribution >= 4 is 34.2 Å². The fourth-order valence-electron chi connectivity index (χ4n) is 2.09. The molecular weight excluding hydrogens is 347 g/mol. The summed E-state index contributed by atoms with van der Waals surface area (Å²) in [6, 6.07) is 2.41. The highest BCUT2D eigenvalue weighted by atomic mass is 35.5. The number of aromatic nitrogens is 2. The molecule has 0 radical (unpaired) electrons. The molecule has 0 saturated heterocycles. The Morgan fingerprint density at radius 3 is 2.42 bits per heavy atom. The van der Waals surface area contributed by atoms with E-state index in [1.54, 1.807) is 13.8 Å². The van der Waals surface area contributed by atoms with Crippen LogP contribution in [0.3, 0.4) is 0 Å². The molecule has 9 heteroatoms. The normalized spacial score (nSPS) is 12.3. The van der Waals surface area contributed by atoms with Crippen LogP contribution >= 0.6 is 11.6 Å². The van der Waals surface area contributed by atoms with Gasteiger partial charge in [0.25, 0.3) is 0 Å². The zero-order valence-corrected chi connectivity index (χ0v) is 14.1. The van der Waals surface area contributed by atoms with Crippen molar-refractivity contribution in [2.45, 2.75) is 32.2 Å². The molecule has 0 saturated carbocycles. The van der Waals surface area contributed by atoms with Crippen molar-refractivity contribution < 1.29 is 22.7 Å². The number of alkyl halides is 2. The van der Waals surface area contributed by atoms with Gasteiger partial charge in [-0.15, -0.1) is 0 Å². The molecular formula is C15H15ClF3N3O2. The number of nitrogens with one attached hydrogen (secondary N) is 1. The number of methoxy groups -OCH3 is 1. The SMILES string of the molecule is COC(=O)C(C)(C)Nc1cc(F)c2nc(C(C)(F)F)nc(Cl)c2c1. The lowest BCUT2D eigenvalue weighted by Gasteiger charge is -2.24. The molecule has 0 aliphatic heterocycles. The second kappa shape index (κ2) is 6.08. The summed E-state index contributed by atoms with van der Waals surface area (Å²) in [7, 11) is 1.23. The van der Waals surface area contributed by atoms with Gasteiger partial charge in [0.1, 0.15) is 16.2 Å². The third kappa shape index (κ3) is 3.53. The molecule has 0 aliphatic rings. The Morgan fingerprint density at radius 2 is 1.88 bits per heavy atom. The van der Waals surface area contributed by atoms with Gasteiger partial charge in [-0.3, -0.25) is 0 Å². The van der Waals surface area contributed by atoms with Gasteiger partial charge in [-0.05, 0) is 26.0 Å². The fraction of sp³-hybridized carbons (Fsp3) is 0.400. The lowest BCUT2D eigenvalue weighted by atomic mass is 10.1. The molecule has 0 amide bonds. The van der Waals surface area contributed by atoms with Crippen molar-refractivity contribution in [1.29, 1.82) is 0 Å². The Bertz CT molecular complexity index is 807. The summed E-state index contributed by atoms with van der Waals surface area (Å²) in [4.78, 5) is 18.8. The first-order valence-corrected chi connectivity index (χ1v) is 7.25. The molecule has 0 fully saturated rings. The number of nitrogens with zero attached hydrogens (tertiary/aromatic N) is 2. The zero-order chi connectivity index (χ0) is 18.3. The molecule has 1 aromatic carbocycles. The molecule has 0 spiro atoms. The number of benzene rings is 1. The number of hydrogen-bond acceptors (Lipinski definition) is 5. The zero-order valence-electron chi connectivity index (χ0n) is 13.4. The van der Waals surface area contributed by atoms with Crippen LogP contribution < -0.4 is 5.32 Å². The average molecular weight is 362 g/mol. The maximum atomic E-state index is 14.3. The standard InChI is InChI=1S/C15H15ClF3N3O2/c1-14(2,13(23)24-4)22-7-5-8-10(9(17)6-7)20-12(15(3,18)19)21-11(8)16/h5-6,22H,1-4H3. The van der Waals surface area contributed by atoms with Crippen LogP contribution in [0.15, 0.2) is 12.1 Å². The summed E-state index contributed by atoms with van der Waals surface area (Å²) < 4.78 is 45.7. The van der Waals surface area contributed by atoms with Gasteiger partial charge in [0.05, 0.1) is 7.11 Å². The minimum atomic E-state index is -3.35. The van der Waals surface area contributed by atoms with Crippen molar-refractivity contribution in [1.82, 2.24) is 9.97 Å². The van der Waals surface area contributed by atoms with Gasteiger partial charge >= 0.3 is 11.9 Å². The van der Waals surface area contributed by atoms with Crippen molar-refractivity contribution in [3.63, 3.8) is 0 Å². The monoisotopic (exact) mass is 361 g/mol. The summed E-state index contributed by atoms with van der Waals surface area (Å²) in [6.45, 7) is 3.68. The lowest BCUT2D eigenvalue weighted by molar-refractivity contribution is -0.144. The molecule has 0 atom stereocenters. The third-order valence-corrected chi connectivity index (χ3v) is 3.54. The van der Waals surface area contributed by atoms with Gasteiger partial charge in [-0.25, -0.2) is 19.2 Å². The number of fused-ring (bicyclic) bond motifs is 1. The summed E-state index contributed by atoms with van der Waals surface area (Å²) in [6.07, 6.45) is 0. The van der Waals surface area contributed by atoms with Gasteiger partial charge < -0.3 is 10.1 Å². The van der Waals surface area contributed by atoms with E-state index in [0.29, 0.717) is 6.92 Å². The molecule has 24 heavy (non-hydrogen) atoms. The van der Waals surface area contributed by atoms with E-state index >= 15 is 0 Å². The highest BCUT2D eigenvalue weighted by Crippen LogP contribution is 2.32. The van der Waals surface area contributed by atoms with Crippen LogP contribution in [0.2, 0.25) is 5.15 Å². The smallest absolute Gasteiger partial charge is 0.330 e. The van der Waals surface area contributed by atoms with E-state index in [-0.39, 0.29) is 21.7 Å². The highest BCUT2D eigenvalue weighted by molar-refractivity contribution is 6.34. The predicted octanol–water partition coefficient (Wildman–Crippen LogP) is 3.90. The Kier molecular flexibility index (Phi) is 4.63. The van der Waals surface area contributed by atoms with Crippen LogP contribution in [0.1, 0.15) is 26.6 Å². The van der Waals surface area contributed by atoms with Crippen molar-refractivity contribution in [3.05, 3.63) is 28.9 Å². The van der Waals surface area contributed by atoms with Crippen molar-refractivity contribution in [2.24, 2.45) is 0 Å². The van der Waals surface area contributed by atoms with E-state index in [1.807, 2.05) is 0 Å². The van der Waals surface area contributed by atoms with Gasteiger partial charge in [-0.2, -0.15) is 8.78 Å². The van der Waals surface area contributed by atoms with Crippen molar-refractivity contribution in [2.75, 3.05) is 12.4 Å². The van der Waals surface area contributed by atoms with Gasteiger partial charge in [0.15, 0.2) is 5.82 Å². The molecule has 2 aromatic rings. The van der Waals surface area contributed by atoms with E-state index in [0.717, 1.165) is 6.07 Å².